The van der Waals surface area contributed by atoms with E-state index in [-0.39, 0.29) is 5.91 Å². The maximum Gasteiger partial charge on any atom is 0.257 e. The largest absolute Gasteiger partial charge is 0.322 e. The Labute approximate surface area is 142 Å². The third kappa shape index (κ3) is 3.51. The summed E-state index contributed by atoms with van der Waals surface area (Å²) in [6, 6.07) is 17.8. The molecule has 24 heavy (non-hydrogen) atoms. The van der Waals surface area contributed by atoms with E-state index in [0.29, 0.717) is 5.56 Å². The van der Waals surface area contributed by atoms with Gasteiger partial charge in [-0.2, -0.15) is 0 Å². The molecule has 3 aromatic rings. The highest BCUT2D eigenvalue weighted by molar-refractivity contribution is 6.04. The predicted molar refractivity (Wildman–Crippen MR) is 98.3 cm³/mol. The van der Waals surface area contributed by atoms with Crippen molar-refractivity contribution in [3.63, 3.8) is 0 Å². The molecule has 0 aliphatic rings. The van der Waals surface area contributed by atoms with Crippen LogP contribution in [0, 0.1) is 20.8 Å². The molecular weight excluding hydrogens is 296 g/mol. The second-order valence-corrected chi connectivity index (χ2v) is 6.07. The molecule has 0 aliphatic heterocycles. The minimum atomic E-state index is -0.148. The second kappa shape index (κ2) is 6.67. The predicted octanol–water partition coefficient (Wildman–Crippen LogP) is 4.93. The molecule has 3 rings (SSSR count). The van der Waals surface area contributed by atoms with Crippen molar-refractivity contribution in [1.82, 2.24) is 4.98 Å². The van der Waals surface area contributed by atoms with Crippen molar-refractivity contribution in [3.05, 3.63) is 83.0 Å². The van der Waals surface area contributed by atoms with Crippen LogP contribution >= 0.6 is 0 Å². The lowest BCUT2D eigenvalue weighted by molar-refractivity contribution is 0.102. The molecule has 0 fully saturated rings. The zero-order valence-corrected chi connectivity index (χ0v) is 14.1. The van der Waals surface area contributed by atoms with Crippen LogP contribution in [0.5, 0.6) is 0 Å². The first kappa shape index (κ1) is 15.9. The summed E-state index contributed by atoms with van der Waals surface area (Å²) in [5, 5.41) is 2.94. The number of nitrogens with one attached hydrogen (secondary N) is 1. The first-order chi connectivity index (χ1) is 11.5. The van der Waals surface area contributed by atoms with E-state index in [1.165, 1.54) is 11.1 Å². The molecule has 3 heteroatoms. The summed E-state index contributed by atoms with van der Waals surface area (Å²) in [5.41, 5.74) is 6.70. The normalized spacial score (nSPS) is 10.5. The Morgan fingerprint density at radius 3 is 2.38 bits per heavy atom. The summed E-state index contributed by atoms with van der Waals surface area (Å²) in [6.45, 7) is 6.07. The molecule has 2 aromatic carbocycles. The number of pyridine rings is 1. The number of carbonyl (C=O) groups excluding carboxylic acids is 1. The molecule has 1 aromatic heterocycles. The van der Waals surface area contributed by atoms with Gasteiger partial charge in [0.15, 0.2) is 0 Å². The van der Waals surface area contributed by atoms with Gasteiger partial charge in [-0.05, 0) is 50.6 Å². The van der Waals surface area contributed by atoms with Crippen LogP contribution in [-0.2, 0) is 0 Å². The smallest absolute Gasteiger partial charge is 0.257 e. The van der Waals surface area contributed by atoms with Gasteiger partial charge in [-0.3, -0.25) is 9.78 Å². The summed E-state index contributed by atoms with van der Waals surface area (Å²) < 4.78 is 0. The summed E-state index contributed by atoms with van der Waals surface area (Å²) in [7, 11) is 0. The van der Waals surface area contributed by atoms with Gasteiger partial charge in [0.25, 0.3) is 5.91 Å². The average Bonchev–Trinajstić information content (AvgIpc) is 2.57. The van der Waals surface area contributed by atoms with Crippen LogP contribution in [0.3, 0.4) is 0 Å². The monoisotopic (exact) mass is 316 g/mol. The number of nitrogens with zero attached hydrogens (tertiary/aromatic N) is 1. The maximum atomic E-state index is 12.4. The van der Waals surface area contributed by atoms with Crippen LogP contribution in [-0.4, -0.2) is 10.9 Å². The number of amides is 1. The molecule has 0 saturated heterocycles. The number of carbonyl (C=O) groups is 1. The van der Waals surface area contributed by atoms with Crippen molar-refractivity contribution in [2.75, 3.05) is 5.32 Å². The molecule has 1 amide bonds. The number of benzene rings is 2. The zero-order chi connectivity index (χ0) is 17.1. The Balaban J connectivity index is 1.79. The minimum absolute atomic E-state index is 0.148. The van der Waals surface area contributed by atoms with Gasteiger partial charge in [0.05, 0.1) is 11.3 Å². The number of aryl methyl sites for hydroxylation is 3. The zero-order valence-electron chi connectivity index (χ0n) is 14.1. The lowest BCUT2D eigenvalue weighted by Gasteiger charge is -2.09. The quantitative estimate of drug-likeness (QED) is 0.744. The van der Waals surface area contributed by atoms with Crippen LogP contribution in [0.1, 0.15) is 27.0 Å². The van der Waals surface area contributed by atoms with Crippen molar-refractivity contribution in [1.29, 1.82) is 0 Å². The van der Waals surface area contributed by atoms with Crippen molar-refractivity contribution >= 4 is 11.6 Å². The van der Waals surface area contributed by atoms with Gasteiger partial charge in [-0.15, -0.1) is 0 Å². The highest BCUT2D eigenvalue weighted by Crippen LogP contribution is 2.20. The molecule has 1 N–H and O–H groups in total. The highest BCUT2D eigenvalue weighted by Gasteiger charge is 2.09. The molecule has 0 bridgehead atoms. The highest BCUT2D eigenvalue weighted by atomic mass is 16.1. The van der Waals surface area contributed by atoms with Crippen molar-refractivity contribution < 1.29 is 4.79 Å². The van der Waals surface area contributed by atoms with Crippen molar-refractivity contribution in [2.24, 2.45) is 0 Å². The van der Waals surface area contributed by atoms with Crippen LogP contribution in [0.25, 0.3) is 11.3 Å². The standard InChI is InChI=1S/C21H20N2O/c1-14-5-4-6-17(12-14)20-10-8-18(13-22-20)21(24)23-19-9-7-15(2)11-16(19)3/h4-13H,1-3H3,(H,23,24). The Morgan fingerprint density at radius 2 is 1.71 bits per heavy atom. The van der Waals surface area contributed by atoms with Gasteiger partial charge in [0, 0.05) is 17.4 Å². The fraction of sp³-hybridized carbons (Fsp3) is 0.143. The molecule has 0 atom stereocenters. The number of aromatic nitrogens is 1. The van der Waals surface area contributed by atoms with E-state index < -0.39 is 0 Å². The third-order valence-electron chi connectivity index (χ3n) is 3.97. The molecule has 3 nitrogen and oxygen atoms in total. The van der Waals surface area contributed by atoms with Gasteiger partial charge < -0.3 is 5.32 Å². The maximum absolute atomic E-state index is 12.4. The van der Waals surface area contributed by atoms with Gasteiger partial charge in [0.2, 0.25) is 0 Å². The first-order valence-corrected chi connectivity index (χ1v) is 7.94. The lowest BCUT2D eigenvalue weighted by Crippen LogP contribution is -2.13. The van der Waals surface area contributed by atoms with Gasteiger partial charge in [-0.25, -0.2) is 0 Å². The first-order valence-electron chi connectivity index (χ1n) is 7.94. The minimum Gasteiger partial charge on any atom is -0.322 e. The molecule has 1 heterocycles. The molecular formula is C21H20N2O. The van der Waals surface area contributed by atoms with Gasteiger partial charge in [0.1, 0.15) is 0 Å². The van der Waals surface area contributed by atoms with Crippen molar-refractivity contribution in [2.45, 2.75) is 20.8 Å². The molecule has 0 aliphatic carbocycles. The molecule has 0 unspecified atom stereocenters. The number of rotatable bonds is 3. The van der Waals surface area contributed by atoms with E-state index in [9.17, 15) is 4.79 Å². The molecule has 0 radical (unpaired) electrons. The van der Waals surface area contributed by atoms with Gasteiger partial charge >= 0.3 is 0 Å². The molecule has 0 spiro atoms. The third-order valence-corrected chi connectivity index (χ3v) is 3.97. The second-order valence-electron chi connectivity index (χ2n) is 6.07. The Bertz CT molecular complexity index is 883. The molecule has 0 saturated carbocycles. The topological polar surface area (TPSA) is 42.0 Å². The van der Waals surface area contributed by atoms with E-state index in [0.717, 1.165) is 22.5 Å². The van der Waals surface area contributed by atoms with Crippen LogP contribution in [0.4, 0.5) is 5.69 Å². The molecule has 120 valence electrons. The fourth-order valence-electron chi connectivity index (χ4n) is 2.65. The Hall–Kier alpha value is -2.94. The van der Waals surface area contributed by atoms with E-state index in [2.05, 4.69) is 35.4 Å². The Kier molecular flexibility index (Phi) is 4.43. The van der Waals surface area contributed by atoms with E-state index >= 15 is 0 Å². The SMILES string of the molecule is Cc1cccc(-c2ccc(C(=O)Nc3ccc(C)cc3C)cn2)c1. The average molecular weight is 316 g/mol. The Morgan fingerprint density at radius 1 is 0.917 bits per heavy atom. The van der Waals surface area contributed by atoms with Crippen LogP contribution < -0.4 is 5.32 Å². The van der Waals surface area contributed by atoms with E-state index in [1.807, 2.05) is 50.2 Å². The van der Waals surface area contributed by atoms with Gasteiger partial charge in [-0.1, -0.05) is 41.5 Å². The summed E-state index contributed by atoms with van der Waals surface area (Å²) in [5.74, 6) is -0.148. The lowest BCUT2D eigenvalue weighted by atomic mass is 10.1. The van der Waals surface area contributed by atoms with Crippen molar-refractivity contribution in [3.8, 4) is 11.3 Å². The summed E-state index contributed by atoms with van der Waals surface area (Å²) in [6.07, 6.45) is 1.62. The summed E-state index contributed by atoms with van der Waals surface area (Å²) >= 11 is 0. The van der Waals surface area contributed by atoms with Crippen LogP contribution in [0.15, 0.2) is 60.8 Å². The summed E-state index contributed by atoms with van der Waals surface area (Å²) in [4.78, 5) is 16.8. The number of hydrogen-bond donors (Lipinski definition) is 1. The van der Waals surface area contributed by atoms with Crippen LogP contribution in [0.2, 0.25) is 0 Å². The van der Waals surface area contributed by atoms with E-state index in [4.69, 9.17) is 0 Å². The number of anilines is 1. The number of hydrogen-bond acceptors (Lipinski definition) is 2. The fourth-order valence-corrected chi connectivity index (χ4v) is 2.65. The van der Waals surface area contributed by atoms with E-state index in [1.54, 1.807) is 6.20 Å².